The monoisotopic (exact) mass is 271 g/mol. The van der Waals surface area contributed by atoms with Crippen LogP contribution in [0.5, 0.6) is 12.0 Å². The topological polar surface area (TPSA) is 57.1 Å². The molecule has 1 aromatic rings. The molecule has 2 rings (SSSR count). The zero-order valence-corrected chi connectivity index (χ0v) is 11.5. The van der Waals surface area contributed by atoms with Crippen LogP contribution in [-0.2, 0) is 0 Å². The molecule has 0 aromatic carbocycles. The Morgan fingerprint density at radius 3 is 2.72 bits per heavy atom. The van der Waals surface area contributed by atoms with Crippen LogP contribution in [0.3, 0.4) is 0 Å². The van der Waals surface area contributed by atoms with Gasteiger partial charge in [0.25, 0.3) is 0 Å². The predicted molar refractivity (Wildman–Crippen MR) is 68.1 cm³/mol. The smallest absolute Gasteiger partial charge is 0.324 e. The van der Waals surface area contributed by atoms with Crippen LogP contribution in [0, 0.1) is 5.92 Å². The maximum Gasteiger partial charge on any atom is 0.324 e. The number of nitrogens with zero attached hydrogens (tertiary/aromatic N) is 3. The van der Waals surface area contributed by atoms with Gasteiger partial charge in [-0.15, -0.1) is 4.98 Å². The van der Waals surface area contributed by atoms with Gasteiger partial charge in [-0.25, -0.2) is 0 Å². The van der Waals surface area contributed by atoms with Gasteiger partial charge in [-0.2, -0.15) is 9.97 Å². The van der Waals surface area contributed by atoms with Crippen LogP contribution in [-0.4, -0.2) is 27.7 Å². The van der Waals surface area contributed by atoms with Gasteiger partial charge in [-0.3, -0.25) is 0 Å². The fraction of sp³-hybridized carbons (Fsp3) is 0.750. The Hall–Kier alpha value is -1.10. The summed E-state index contributed by atoms with van der Waals surface area (Å²) in [5, 5.41) is 0.104. The molecule has 5 nitrogen and oxygen atoms in total. The van der Waals surface area contributed by atoms with E-state index in [1.165, 1.54) is 12.8 Å². The number of rotatable bonds is 4. The minimum atomic E-state index is 0.104. The quantitative estimate of drug-likeness (QED) is 0.843. The Morgan fingerprint density at radius 1 is 1.22 bits per heavy atom. The molecule has 2 atom stereocenters. The zero-order valence-electron chi connectivity index (χ0n) is 10.7. The van der Waals surface area contributed by atoms with Crippen molar-refractivity contribution < 1.29 is 9.47 Å². The number of hydrogen-bond acceptors (Lipinski definition) is 5. The summed E-state index contributed by atoms with van der Waals surface area (Å²) in [6.45, 7) is 4.59. The van der Waals surface area contributed by atoms with Crippen molar-refractivity contribution in [1.29, 1.82) is 0 Å². The van der Waals surface area contributed by atoms with Gasteiger partial charge in [0, 0.05) is 0 Å². The van der Waals surface area contributed by atoms with Crippen molar-refractivity contribution in [2.75, 3.05) is 6.61 Å². The lowest BCUT2D eigenvalue weighted by atomic mass is 9.89. The number of hydrogen-bond donors (Lipinski definition) is 0. The number of ether oxygens (including phenoxy) is 2. The standard InChI is InChI=1S/C12H18ClN3O2/c1-3-17-11-14-10(13)15-12(16-11)18-9-6-4-5-8(2)7-9/h8-9H,3-7H2,1-2H3. The fourth-order valence-corrected chi connectivity index (χ4v) is 2.34. The van der Waals surface area contributed by atoms with Crippen LogP contribution in [0.4, 0.5) is 0 Å². The van der Waals surface area contributed by atoms with Crippen LogP contribution in [0.2, 0.25) is 5.28 Å². The van der Waals surface area contributed by atoms with E-state index in [1.54, 1.807) is 0 Å². The second-order valence-corrected chi connectivity index (χ2v) is 4.95. The van der Waals surface area contributed by atoms with E-state index >= 15 is 0 Å². The Balaban J connectivity index is 2.03. The van der Waals surface area contributed by atoms with Crippen molar-refractivity contribution in [1.82, 2.24) is 15.0 Å². The summed E-state index contributed by atoms with van der Waals surface area (Å²) in [5.41, 5.74) is 0. The minimum Gasteiger partial charge on any atom is -0.464 e. The summed E-state index contributed by atoms with van der Waals surface area (Å²) in [7, 11) is 0. The summed E-state index contributed by atoms with van der Waals surface area (Å²) in [6.07, 6.45) is 4.69. The molecule has 100 valence electrons. The first-order chi connectivity index (χ1) is 8.67. The van der Waals surface area contributed by atoms with Gasteiger partial charge in [0.1, 0.15) is 6.10 Å². The molecule has 18 heavy (non-hydrogen) atoms. The van der Waals surface area contributed by atoms with Gasteiger partial charge in [0.05, 0.1) is 6.61 Å². The molecular formula is C12H18ClN3O2. The van der Waals surface area contributed by atoms with Crippen LogP contribution in [0.1, 0.15) is 39.5 Å². The summed E-state index contributed by atoms with van der Waals surface area (Å²) in [5.74, 6) is 0.687. The Morgan fingerprint density at radius 2 is 2.00 bits per heavy atom. The van der Waals surface area contributed by atoms with Gasteiger partial charge < -0.3 is 9.47 Å². The number of halogens is 1. The highest BCUT2D eigenvalue weighted by molar-refractivity contribution is 6.28. The van der Waals surface area contributed by atoms with E-state index in [4.69, 9.17) is 21.1 Å². The first-order valence-corrected chi connectivity index (χ1v) is 6.76. The Labute approximate surface area is 112 Å². The van der Waals surface area contributed by atoms with Crippen molar-refractivity contribution >= 4 is 11.6 Å². The molecule has 6 heteroatoms. The molecule has 0 radical (unpaired) electrons. The molecule has 0 spiro atoms. The van der Waals surface area contributed by atoms with Crippen LogP contribution < -0.4 is 9.47 Å². The van der Waals surface area contributed by atoms with Crippen molar-refractivity contribution in [3.8, 4) is 12.0 Å². The fourth-order valence-electron chi connectivity index (χ4n) is 2.20. The van der Waals surface area contributed by atoms with E-state index in [0.29, 0.717) is 12.5 Å². The zero-order chi connectivity index (χ0) is 13.0. The van der Waals surface area contributed by atoms with E-state index in [1.807, 2.05) is 6.92 Å². The van der Waals surface area contributed by atoms with E-state index in [9.17, 15) is 0 Å². The lowest BCUT2D eigenvalue weighted by molar-refractivity contribution is 0.116. The van der Waals surface area contributed by atoms with Crippen molar-refractivity contribution in [2.45, 2.75) is 45.6 Å². The second kappa shape index (κ2) is 6.18. The highest BCUT2D eigenvalue weighted by atomic mass is 35.5. The van der Waals surface area contributed by atoms with E-state index in [0.717, 1.165) is 12.8 Å². The molecule has 1 saturated carbocycles. The van der Waals surface area contributed by atoms with Gasteiger partial charge in [0.15, 0.2) is 0 Å². The lowest BCUT2D eigenvalue weighted by Crippen LogP contribution is -2.25. The highest BCUT2D eigenvalue weighted by Gasteiger charge is 2.21. The molecule has 1 aliphatic rings. The van der Waals surface area contributed by atoms with Crippen molar-refractivity contribution in [2.24, 2.45) is 5.92 Å². The minimum absolute atomic E-state index is 0.104. The average molecular weight is 272 g/mol. The van der Waals surface area contributed by atoms with E-state index in [-0.39, 0.29) is 23.4 Å². The molecule has 0 saturated heterocycles. The maximum atomic E-state index is 5.81. The summed E-state index contributed by atoms with van der Waals surface area (Å²) in [6, 6.07) is 0.480. The molecule has 1 aliphatic carbocycles. The van der Waals surface area contributed by atoms with Crippen molar-refractivity contribution in [3.63, 3.8) is 0 Å². The molecule has 1 aromatic heterocycles. The third-order valence-corrected chi connectivity index (χ3v) is 3.17. The Kier molecular flexibility index (Phi) is 4.58. The highest BCUT2D eigenvalue weighted by Crippen LogP contribution is 2.26. The van der Waals surface area contributed by atoms with Crippen molar-refractivity contribution in [3.05, 3.63) is 5.28 Å². The van der Waals surface area contributed by atoms with E-state index in [2.05, 4.69) is 21.9 Å². The largest absolute Gasteiger partial charge is 0.464 e. The van der Waals surface area contributed by atoms with Crippen LogP contribution in [0.25, 0.3) is 0 Å². The third-order valence-electron chi connectivity index (χ3n) is 3.00. The summed E-state index contributed by atoms with van der Waals surface area (Å²) >= 11 is 5.81. The van der Waals surface area contributed by atoms with E-state index < -0.39 is 0 Å². The van der Waals surface area contributed by atoms with Crippen LogP contribution >= 0.6 is 11.6 Å². The maximum absolute atomic E-state index is 5.81. The third kappa shape index (κ3) is 3.70. The first kappa shape index (κ1) is 13.3. The molecule has 1 heterocycles. The lowest BCUT2D eigenvalue weighted by Gasteiger charge is -2.26. The molecule has 0 amide bonds. The number of aromatic nitrogens is 3. The molecule has 0 aliphatic heterocycles. The summed E-state index contributed by atoms with van der Waals surface area (Å²) < 4.78 is 11.0. The summed E-state index contributed by atoms with van der Waals surface area (Å²) in [4.78, 5) is 11.9. The normalized spacial score (nSPS) is 23.7. The molecule has 1 fully saturated rings. The SMILES string of the molecule is CCOc1nc(Cl)nc(OC2CCCC(C)C2)n1. The predicted octanol–water partition coefficient (Wildman–Crippen LogP) is 2.88. The average Bonchev–Trinajstić information content (AvgIpc) is 2.28. The first-order valence-electron chi connectivity index (χ1n) is 6.38. The van der Waals surface area contributed by atoms with Gasteiger partial charge >= 0.3 is 12.0 Å². The van der Waals surface area contributed by atoms with Gasteiger partial charge in [-0.05, 0) is 43.7 Å². The second-order valence-electron chi connectivity index (χ2n) is 4.61. The molecule has 2 unspecified atom stereocenters. The molecule has 0 N–H and O–H groups in total. The Bertz CT molecular complexity index is 403. The van der Waals surface area contributed by atoms with Gasteiger partial charge in [0.2, 0.25) is 5.28 Å². The van der Waals surface area contributed by atoms with Crippen LogP contribution in [0.15, 0.2) is 0 Å². The molecular weight excluding hydrogens is 254 g/mol. The molecule has 0 bridgehead atoms. The van der Waals surface area contributed by atoms with Gasteiger partial charge in [-0.1, -0.05) is 13.3 Å².